The molecule has 0 atom stereocenters. The molecule has 4 rings (SSSR count). The average molecular weight is 368 g/mol. The van der Waals surface area contributed by atoms with E-state index >= 15 is 0 Å². The summed E-state index contributed by atoms with van der Waals surface area (Å²) >= 11 is 0. The van der Waals surface area contributed by atoms with E-state index in [0.29, 0.717) is 6.54 Å². The molecule has 0 radical (unpaired) electrons. The van der Waals surface area contributed by atoms with Gasteiger partial charge in [-0.1, -0.05) is 18.2 Å². The Morgan fingerprint density at radius 2 is 1.81 bits per heavy atom. The molecule has 5 nitrogen and oxygen atoms in total. The fourth-order valence-electron chi connectivity index (χ4n) is 3.81. The summed E-state index contributed by atoms with van der Waals surface area (Å²) < 4.78 is 13.0. The quantitative estimate of drug-likeness (QED) is 0.778. The number of hydrogen-bond donors (Lipinski definition) is 3. The molecule has 2 aromatic carbocycles. The Bertz CT molecular complexity index is 800. The first-order chi connectivity index (χ1) is 13.2. The van der Waals surface area contributed by atoms with Crippen molar-refractivity contribution in [3.05, 3.63) is 65.0 Å². The van der Waals surface area contributed by atoms with Crippen LogP contribution in [0.3, 0.4) is 0 Å². The lowest BCUT2D eigenvalue weighted by Crippen LogP contribution is -2.47. The van der Waals surface area contributed by atoms with Crippen LogP contribution in [0.2, 0.25) is 0 Å². The van der Waals surface area contributed by atoms with Gasteiger partial charge < -0.3 is 20.9 Å². The second-order valence-corrected chi connectivity index (χ2v) is 7.27. The molecule has 2 aliphatic heterocycles. The van der Waals surface area contributed by atoms with Crippen molar-refractivity contribution in [2.24, 2.45) is 0 Å². The van der Waals surface area contributed by atoms with E-state index in [-0.39, 0.29) is 17.9 Å². The normalized spacial score (nSPS) is 16.9. The van der Waals surface area contributed by atoms with Gasteiger partial charge in [0.25, 0.3) is 0 Å². The molecule has 0 spiro atoms. The van der Waals surface area contributed by atoms with Gasteiger partial charge in [0, 0.05) is 44.5 Å². The molecule has 2 aromatic rings. The van der Waals surface area contributed by atoms with Crippen LogP contribution in [0.1, 0.15) is 29.5 Å². The van der Waals surface area contributed by atoms with Gasteiger partial charge in [-0.05, 0) is 53.8 Å². The number of anilines is 1. The minimum atomic E-state index is -0.216. The molecule has 1 saturated heterocycles. The fraction of sp³-hybridized carbons (Fsp3) is 0.381. The summed E-state index contributed by atoms with van der Waals surface area (Å²) in [6.07, 6.45) is 1.77. The topological polar surface area (TPSA) is 56.4 Å². The van der Waals surface area contributed by atoms with Crippen LogP contribution in [-0.4, -0.2) is 25.2 Å². The summed E-state index contributed by atoms with van der Waals surface area (Å²) in [4.78, 5) is 14.4. The summed E-state index contributed by atoms with van der Waals surface area (Å²) in [5, 5.41) is 9.36. The number of benzene rings is 2. The largest absolute Gasteiger partial charge is 0.371 e. The molecule has 3 N–H and O–H groups in total. The van der Waals surface area contributed by atoms with Crippen LogP contribution in [0.15, 0.2) is 42.5 Å². The summed E-state index contributed by atoms with van der Waals surface area (Å²) in [5.74, 6) is -0.216. The molecule has 0 aliphatic carbocycles. The van der Waals surface area contributed by atoms with E-state index in [4.69, 9.17) is 0 Å². The smallest absolute Gasteiger partial charge is 0.315 e. The lowest BCUT2D eigenvalue weighted by Gasteiger charge is -2.34. The lowest BCUT2D eigenvalue weighted by molar-refractivity contribution is 0.234. The first-order valence-corrected chi connectivity index (χ1v) is 9.54. The summed E-state index contributed by atoms with van der Waals surface area (Å²) in [6, 6.07) is 13.0. The Hall–Kier alpha value is -2.60. The van der Waals surface area contributed by atoms with Crippen molar-refractivity contribution in [2.75, 3.05) is 18.0 Å². The molecule has 1 fully saturated rings. The van der Waals surface area contributed by atoms with Crippen molar-refractivity contribution >= 4 is 11.7 Å². The van der Waals surface area contributed by atoms with Crippen LogP contribution in [-0.2, 0) is 19.6 Å². The second-order valence-electron chi connectivity index (χ2n) is 7.27. The van der Waals surface area contributed by atoms with Gasteiger partial charge in [0.15, 0.2) is 0 Å². The Morgan fingerprint density at radius 3 is 2.59 bits per heavy atom. The van der Waals surface area contributed by atoms with Crippen molar-refractivity contribution in [3.8, 4) is 0 Å². The van der Waals surface area contributed by atoms with Gasteiger partial charge in [0.2, 0.25) is 0 Å². The number of rotatable bonds is 4. The van der Waals surface area contributed by atoms with Gasteiger partial charge in [0.05, 0.1) is 0 Å². The zero-order valence-electron chi connectivity index (χ0n) is 15.3. The van der Waals surface area contributed by atoms with E-state index in [0.717, 1.165) is 50.3 Å². The van der Waals surface area contributed by atoms with E-state index < -0.39 is 0 Å². The molecule has 0 bridgehead atoms. The van der Waals surface area contributed by atoms with E-state index in [1.807, 2.05) is 12.1 Å². The number of nitrogens with one attached hydrogen (secondary N) is 3. The number of hydrogen-bond acceptors (Lipinski definition) is 3. The average Bonchev–Trinajstić information content (AvgIpc) is 3.15. The van der Waals surface area contributed by atoms with Gasteiger partial charge in [-0.2, -0.15) is 0 Å². The number of halogens is 1. The van der Waals surface area contributed by atoms with Gasteiger partial charge in [-0.3, -0.25) is 0 Å². The Morgan fingerprint density at radius 1 is 1.07 bits per heavy atom. The summed E-state index contributed by atoms with van der Waals surface area (Å²) in [6.45, 7) is 4.08. The zero-order chi connectivity index (χ0) is 18.6. The Labute approximate surface area is 158 Å². The maximum Gasteiger partial charge on any atom is 0.315 e. The van der Waals surface area contributed by atoms with Gasteiger partial charge >= 0.3 is 6.03 Å². The highest BCUT2D eigenvalue weighted by Gasteiger charge is 2.21. The van der Waals surface area contributed by atoms with Crippen molar-refractivity contribution < 1.29 is 9.18 Å². The van der Waals surface area contributed by atoms with Crippen molar-refractivity contribution in [2.45, 2.75) is 38.5 Å². The highest BCUT2D eigenvalue weighted by atomic mass is 19.1. The highest BCUT2D eigenvalue weighted by Crippen LogP contribution is 2.20. The number of urea groups is 1. The number of fused-ring (bicyclic) bond motifs is 1. The second kappa shape index (κ2) is 7.96. The molecule has 0 unspecified atom stereocenters. The molecule has 27 heavy (non-hydrogen) atoms. The molecule has 0 saturated carbocycles. The third kappa shape index (κ3) is 4.39. The van der Waals surface area contributed by atoms with Crippen LogP contribution in [0, 0.1) is 5.82 Å². The summed E-state index contributed by atoms with van der Waals surface area (Å²) in [7, 11) is 0. The molecular formula is C21H25FN4O. The van der Waals surface area contributed by atoms with Crippen LogP contribution in [0.5, 0.6) is 0 Å². The molecule has 2 amide bonds. The Balaban J connectivity index is 1.22. The van der Waals surface area contributed by atoms with Crippen molar-refractivity contribution in [1.29, 1.82) is 0 Å². The minimum absolute atomic E-state index is 0.117. The van der Waals surface area contributed by atoms with E-state index in [2.05, 4.69) is 39.0 Å². The number of piperidine rings is 1. The van der Waals surface area contributed by atoms with E-state index in [9.17, 15) is 9.18 Å². The number of nitrogens with zero attached hydrogens (tertiary/aromatic N) is 1. The van der Waals surface area contributed by atoms with Crippen molar-refractivity contribution in [1.82, 2.24) is 16.0 Å². The van der Waals surface area contributed by atoms with Crippen LogP contribution < -0.4 is 20.9 Å². The number of amides is 2. The standard InChI is InChI=1S/C21H25FN4O/c22-18-3-5-20(6-4-18)26-9-7-19(8-10-26)25-21(27)24-12-15-1-2-16-13-23-14-17(16)11-15/h1-6,11,19,23H,7-10,12-14H2,(H2,24,25,27). The lowest BCUT2D eigenvalue weighted by atomic mass is 10.0. The van der Waals surface area contributed by atoms with Crippen LogP contribution in [0.4, 0.5) is 14.9 Å². The first kappa shape index (κ1) is 17.8. The molecule has 6 heteroatoms. The predicted octanol–water partition coefficient (Wildman–Crippen LogP) is 2.90. The summed E-state index contributed by atoms with van der Waals surface area (Å²) in [5.41, 5.74) is 4.82. The Kier molecular flexibility index (Phi) is 5.25. The minimum Gasteiger partial charge on any atom is -0.371 e. The first-order valence-electron chi connectivity index (χ1n) is 9.54. The molecule has 142 valence electrons. The van der Waals surface area contributed by atoms with Gasteiger partial charge in [-0.25, -0.2) is 9.18 Å². The molecule has 0 aromatic heterocycles. The molecule has 2 aliphatic rings. The predicted molar refractivity (Wildman–Crippen MR) is 104 cm³/mol. The van der Waals surface area contributed by atoms with Crippen LogP contribution in [0.25, 0.3) is 0 Å². The third-order valence-electron chi connectivity index (χ3n) is 5.38. The number of carbonyl (C=O) groups excluding carboxylic acids is 1. The van der Waals surface area contributed by atoms with E-state index in [1.54, 1.807) is 0 Å². The van der Waals surface area contributed by atoms with Gasteiger partial charge in [-0.15, -0.1) is 0 Å². The molecular weight excluding hydrogens is 343 g/mol. The maximum atomic E-state index is 13.0. The van der Waals surface area contributed by atoms with Gasteiger partial charge in [0.1, 0.15) is 5.82 Å². The SMILES string of the molecule is O=C(NCc1ccc2c(c1)CNC2)NC1CCN(c2ccc(F)cc2)CC1. The zero-order valence-corrected chi connectivity index (χ0v) is 15.3. The van der Waals surface area contributed by atoms with E-state index in [1.165, 1.54) is 23.3 Å². The number of carbonyl (C=O) groups is 1. The molecule has 2 heterocycles. The maximum absolute atomic E-state index is 13.0. The monoisotopic (exact) mass is 368 g/mol. The van der Waals surface area contributed by atoms with Crippen molar-refractivity contribution in [3.63, 3.8) is 0 Å². The van der Waals surface area contributed by atoms with Crippen LogP contribution >= 0.6 is 0 Å². The highest BCUT2D eigenvalue weighted by molar-refractivity contribution is 5.74. The third-order valence-corrected chi connectivity index (χ3v) is 5.38. The fourth-order valence-corrected chi connectivity index (χ4v) is 3.81.